The van der Waals surface area contributed by atoms with Gasteiger partial charge in [-0.1, -0.05) is 26.2 Å². The number of benzene rings is 1. The molecule has 0 radical (unpaired) electrons. The average molecular weight is 374 g/mol. The summed E-state index contributed by atoms with van der Waals surface area (Å²) in [6.07, 6.45) is 6.07. The molecule has 6 heteroatoms. The van der Waals surface area contributed by atoms with Crippen LogP contribution in [-0.4, -0.2) is 31.8 Å². The van der Waals surface area contributed by atoms with Gasteiger partial charge in [0.15, 0.2) is 11.6 Å². The quantitative estimate of drug-likeness (QED) is 0.476. The minimum absolute atomic E-state index is 0.144. The van der Waals surface area contributed by atoms with E-state index in [-0.39, 0.29) is 40.2 Å². The van der Waals surface area contributed by atoms with Crippen LogP contribution in [0.1, 0.15) is 78.3 Å². The first-order chi connectivity index (χ1) is 12.9. The van der Waals surface area contributed by atoms with Crippen LogP contribution in [0.25, 0.3) is 0 Å². The van der Waals surface area contributed by atoms with Crippen LogP contribution in [0.15, 0.2) is 18.2 Å². The van der Waals surface area contributed by atoms with Crippen LogP contribution < -0.4 is 9.47 Å². The number of unbranched alkanes of at least 4 members (excludes halogenated alkanes) is 3. The van der Waals surface area contributed by atoms with E-state index in [1.165, 1.54) is 26.4 Å². The molecule has 0 heterocycles. The first kappa shape index (κ1) is 20.7. The Hall–Kier alpha value is -2.63. The molecule has 0 aliphatic heterocycles. The molecule has 0 spiro atoms. The lowest BCUT2D eigenvalue weighted by Crippen LogP contribution is -2.18. The molecule has 2 rings (SSSR count). The Balaban J connectivity index is 2.31. The Bertz CT molecular complexity index is 762. The maximum Gasteiger partial charge on any atom is 0.306 e. The van der Waals surface area contributed by atoms with Crippen molar-refractivity contribution in [2.45, 2.75) is 52.1 Å². The van der Waals surface area contributed by atoms with E-state index in [1.54, 1.807) is 13.0 Å². The molecule has 1 aliphatic rings. The monoisotopic (exact) mass is 374 g/mol. The van der Waals surface area contributed by atoms with Gasteiger partial charge in [0.2, 0.25) is 0 Å². The van der Waals surface area contributed by atoms with E-state index in [1.807, 2.05) is 0 Å². The zero-order chi connectivity index (χ0) is 20.0. The largest absolute Gasteiger partial charge is 0.496 e. The topological polar surface area (TPSA) is 78.9 Å². The summed E-state index contributed by atoms with van der Waals surface area (Å²) in [5, 5.41) is 0. The molecular formula is C21H26O6. The van der Waals surface area contributed by atoms with Crippen LogP contribution in [0.4, 0.5) is 0 Å². The molecule has 146 valence electrons. The summed E-state index contributed by atoms with van der Waals surface area (Å²) in [6, 6.07) is 1.59. The van der Waals surface area contributed by atoms with Gasteiger partial charge in [-0.15, -0.1) is 0 Å². The standard InChI is InChI=1S/C21H26O6/c1-5-6-7-8-9-18(24)27-13(2)14-12-17(25-3)19-15(22)10-11-16(23)20(19)21(14)26-4/h10-13H,5-9H2,1-4H3. The van der Waals surface area contributed by atoms with Crippen molar-refractivity contribution < 1.29 is 28.6 Å². The Morgan fingerprint density at radius 1 is 1.00 bits per heavy atom. The summed E-state index contributed by atoms with van der Waals surface area (Å²) in [4.78, 5) is 36.8. The summed E-state index contributed by atoms with van der Waals surface area (Å²) >= 11 is 0. The van der Waals surface area contributed by atoms with Gasteiger partial charge in [0, 0.05) is 12.0 Å². The fourth-order valence-electron chi connectivity index (χ4n) is 3.16. The molecule has 1 aromatic rings. The maximum absolute atomic E-state index is 12.4. The lowest BCUT2D eigenvalue weighted by atomic mass is 9.89. The van der Waals surface area contributed by atoms with E-state index >= 15 is 0 Å². The van der Waals surface area contributed by atoms with Crippen molar-refractivity contribution in [3.8, 4) is 11.5 Å². The molecule has 0 saturated heterocycles. The number of hydrogen-bond donors (Lipinski definition) is 0. The molecule has 0 saturated carbocycles. The van der Waals surface area contributed by atoms with Crippen molar-refractivity contribution in [3.63, 3.8) is 0 Å². The zero-order valence-electron chi connectivity index (χ0n) is 16.3. The van der Waals surface area contributed by atoms with Crippen LogP contribution in [0.3, 0.4) is 0 Å². The number of ether oxygens (including phenoxy) is 3. The smallest absolute Gasteiger partial charge is 0.306 e. The Kier molecular flexibility index (Phi) is 7.16. The SMILES string of the molecule is CCCCCCC(=O)OC(C)c1cc(OC)c2c(c1OC)C(=O)C=CC2=O. The molecular weight excluding hydrogens is 348 g/mol. The number of carbonyl (C=O) groups is 3. The summed E-state index contributed by atoms with van der Waals surface area (Å²) in [6.45, 7) is 3.82. The lowest BCUT2D eigenvalue weighted by molar-refractivity contribution is -0.148. The molecule has 0 N–H and O–H groups in total. The Morgan fingerprint density at radius 2 is 1.67 bits per heavy atom. The lowest BCUT2D eigenvalue weighted by Gasteiger charge is -2.23. The minimum Gasteiger partial charge on any atom is -0.496 e. The van der Waals surface area contributed by atoms with Crippen molar-refractivity contribution in [2.24, 2.45) is 0 Å². The third-order valence-electron chi connectivity index (χ3n) is 4.56. The van der Waals surface area contributed by atoms with Crippen LogP contribution in [0, 0.1) is 0 Å². The fraction of sp³-hybridized carbons (Fsp3) is 0.476. The van der Waals surface area contributed by atoms with Crippen LogP contribution in [0.5, 0.6) is 11.5 Å². The highest BCUT2D eigenvalue weighted by molar-refractivity contribution is 6.24. The van der Waals surface area contributed by atoms with Crippen molar-refractivity contribution >= 4 is 17.5 Å². The number of methoxy groups -OCH3 is 2. The van der Waals surface area contributed by atoms with Crippen molar-refractivity contribution in [3.05, 3.63) is 34.9 Å². The van der Waals surface area contributed by atoms with E-state index < -0.39 is 6.10 Å². The van der Waals surface area contributed by atoms with E-state index in [9.17, 15) is 14.4 Å². The average Bonchev–Trinajstić information content (AvgIpc) is 2.66. The van der Waals surface area contributed by atoms with E-state index in [0.717, 1.165) is 25.7 Å². The zero-order valence-corrected chi connectivity index (χ0v) is 16.3. The number of allylic oxidation sites excluding steroid dienone is 2. The number of ketones is 2. The Labute approximate surface area is 159 Å². The molecule has 0 bridgehead atoms. The highest BCUT2D eigenvalue weighted by Gasteiger charge is 2.31. The minimum atomic E-state index is -0.647. The summed E-state index contributed by atoms with van der Waals surface area (Å²) < 4.78 is 16.3. The van der Waals surface area contributed by atoms with Gasteiger partial charge < -0.3 is 14.2 Å². The highest BCUT2D eigenvalue weighted by Crippen LogP contribution is 2.40. The first-order valence-corrected chi connectivity index (χ1v) is 9.19. The second-order valence-corrected chi connectivity index (χ2v) is 6.46. The fourth-order valence-corrected chi connectivity index (χ4v) is 3.16. The van der Waals surface area contributed by atoms with Gasteiger partial charge in [0.1, 0.15) is 17.6 Å². The normalized spacial score (nSPS) is 13.9. The predicted molar refractivity (Wildman–Crippen MR) is 101 cm³/mol. The summed E-state index contributed by atoms with van der Waals surface area (Å²) in [5.74, 6) is -0.486. The molecule has 1 aromatic carbocycles. The van der Waals surface area contributed by atoms with Gasteiger partial charge in [-0.25, -0.2) is 0 Å². The molecule has 0 fully saturated rings. The first-order valence-electron chi connectivity index (χ1n) is 9.19. The highest BCUT2D eigenvalue weighted by atomic mass is 16.5. The molecule has 1 aliphatic carbocycles. The van der Waals surface area contributed by atoms with Crippen LogP contribution in [0.2, 0.25) is 0 Å². The van der Waals surface area contributed by atoms with Crippen LogP contribution >= 0.6 is 0 Å². The van der Waals surface area contributed by atoms with Crippen LogP contribution in [-0.2, 0) is 9.53 Å². The van der Waals surface area contributed by atoms with E-state index in [4.69, 9.17) is 14.2 Å². The number of esters is 1. The summed E-state index contributed by atoms with van der Waals surface area (Å²) in [7, 11) is 2.84. The third-order valence-corrected chi connectivity index (χ3v) is 4.56. The van der Waals surface area contributed by atoms with E-state index in [0.29, 0.717) is 12.0 Å². The van der Waals surface area contributed by atoms with Gasteiger partial charge in [0.05, 0.1) is 25.3 Å². The second-order valence-electron chi connectivity index (χ2n) is 6.46. The molecule has 1 unspecified atom stereocenters. The van der Waals surface area contributed by atoms with Gasteiger partial charge in [-0.2, -0.15) is 0 Å². The third kappa shape index (κ3) is 4.56. The van der Waals surface area contributed by atoms with Crippen molar-refractivity contribution in [1.29, 1.82) is 0 Å². The number of fused-ring (bicyclic) bond motifs is 1. The summed E-state index contributed by atoms with van der Waals surface area (Å²) in [5.41, 5.74) is 0.806. The maximum atomic E-state index is 12.4. The number of carbonyl (C=O) groups excluding carboxylic acids is 3. The number of rotatable bonds is 9. The molecule has 6 nitrogen and oxygen atoms in total. The Morgan fingerprint density at radius 3 is 2.26 bits per heavy atom. The van der Waals surface area contributed by atoms with E-state index in [2.05, 4.69) is 6.92 Å². The molecule has 1 atom stereocenters. The van der Waals surface area contributed by atoms with Gasteiger partial charge in [0.25, 0.3) is 0 Å². The van der Waals surface area contributed by atoms with Gasteiger partial charge in [-0.3, -0.25) is 14.4 Å². The second kappa shape index (κ2) is 9.35. The number of hydrogen-bond acceptors (Lipinski definition) is 6. The molecule has 0 aromatic heterocycles. The van der Waals surface area contributed by atoms with Crippen molar-refractivity contribution in [1.82, 2.24) is 0 Å². The predicted octanol–water partition coefficient (Wildman–Crippen LogP) is 4.21. The van der Waals surface area contributed by atoms with Gasteiger partial charge in [-0.05, 0) is 31.6 Å². The molecule has 0 amide bonds. The molecule has 27 heavy (non-hydrogen) atoms. The van der Waals surface area contributed by atoms with Crippen molar-refractivity contribution in [2.75, 3.05) is 14.2 Å². The van der Waals surface area contributed by atoms with Gasteiger partial charge >= 0.3 is 5.97 Å².